The molecule has 1 saturated heterocycles. The summed E-state index contributed by atoms with van der Waals surface area (Å²) < 4.78 is 43.1. The highest BCUT2D eigenvalue weighted by molar-refractivity contribution is 14.0. The zero-order chi connectivity index (χ0) is 15.5. The van der Waals surface area contributed by atoms with Gasteiger partial charge in [0.05, 0.1) is 19.1 Å². The van der Waals surface area contributed by atoms with Crippen molar-refractivity contribution in [2.24, 2.45) is 16.3 Å². The Morgan fingerprint density at radius 1 is 1.23 bits per heavy atom. The first-order valence-electron chi connectivity index (χ1n) is 7.44. The van der Waals surface area contributed by atoms with Crippen LogP contribution in [0.15, 0.2) is 4.99 Å². The lowest BCUT2D eigenvalue weighted by atomic mass is 9.85. The Balaban J connectivity index is 0.00000242. The van der Waals surface area contributed by atoms with Crippen LogP contribution in [0.5, 0.6) is 0 Å². The van der Waals surface area contributed by atoms with E-state index in [2.05, 4.69) is 22.5 Å². The fourth-order valence-corrected chi connectivity index (χ4v) is 2.80. The molecular formula is C14H25F3IN3O. The minimum Gasteiger partial charge on any atom is -0.380 e. The van der Waals surface area contributed by atoms with Gasteiger partial charge in [-0.3, -0.25) is 4.99 Å². The van der Waals surface area contributed by atoms with Gasteiger partial charge in [0, 0.05) is 25.0 Å². The van der Waals surface area contributed by atoms with Crippen molar-refractivity contribution in [1.82, 2.24) is 10.6 Å². The maximum atomic E-state index is 12.6. The molecule has 2 N–H and O–H groups in total. The Morgan fingerprint density at radius 3 is 2.23 bits per heavy atom. The van der Waals surface area contributed by atoms with Gasteiger partial charge in [-0.15, -0.1) is 24.0 Å². The molecule has 0 amide bonds. The van der Waals surface area contributed by atoms with Crippen LogP contribution >= 0.6 is 24.0 Å². The summed E-state index contributed by atoms with van der Waals surface area (Å²) in [5.41, 5.74) is 0.131. The lowest BCUT2D eigenvalue weighted by molar-refractivity contribution is -0.182. The summed E-state index contributed by atoms with van der Waals surface area (Å²) >= 11 is 0. The number of hydrogen-bond donors (Lipinski definition) is 2. The maximum Gasteiger partial charge on any atom is 0.391 e. The van der Waals surface area contributed by atoms with Gasteiger partial charge in [-0.2, -0.15) is 13.2 Å². The molecule has 0 aromatic carbocycles. The summed E-state index contributed by atoms with van der Waals surface area (Å²) in [5, 5.41) is 6.47. The van der Waals surface area contributed by atoms with Gasteiger partial charge in [-0.05, 0) is 25.7 Å². The highest BCUT2D eigenvalue weighted by Crippen LogP contribution is 2.37. The van der Waals surface area contributed by atoms with E-state index in [4.69, 9.17) is 4.74 Å². The van der Waals surface area contributed by atoms with Gasteiger partial charge < -0.3 is 15.4 Å². The van der Waals surface area contributed by atoms with Gasteiger partial charge in [0.15, 0.2) is 5.96 Å². The van der Waals surface area contributed by atoms with Crippen molar-refractivity contribution in [1.29, 1.82) is 0 Å². The molecule has 4 nitrogen and oxygen atoms in total. The van der Waals surface area contributed by atoms with Crippen LogP contribution in [0.4, 0.5) is 13.2 Å². The van der Waals surface area contributed by atoms with Crippen molar-refractivity contribution in [3.8, 4) is 0 Å². The molecule has 0 unspecified atom stereocenters. The van der Waals surface area contributed by atoms with Crippen LogP contribution in [0.2, 0.25) is 0 Å². The number of aliphatic imine (C=N–C) groups is 1. The Kier molecular flexibility index (Phi) is 7.22. The lowest BCUT2D eigenvalue weighted by Crippen LogP contribution is -2.52. The number of nitrogens with zero attached hydrogens (tertiary/aromatic N) is 1. The van der Waals surface area contributed by atoms with Crippen LogP contribution in [0, 0.1) is 11.3 Å². The number of nitrogens with one attached hydrogen (secondary N) is 2. The average Bonchev–Trinajstić information content (AvgIpc) is 2.41. The molecule has 0 radical (unpaired) electrons. The van der Waals surface area contributed by atoms with Crippen molar-refractivity contribution in [3.63, 3.8) is 0 Å². The molecule has 0 atom stereocenters. The van der Waals surface area contributed by atoms with Crippen molar-refractivity contribution in [2.75, 3.05) is 26.8 Å². The molecule has 1 heterocycles. The molecule has 2 fully saturated rings. The van der Waals surface area contributed by atoms with E-state index >= 15 is 0 Å². The molecule has 1 aliphatic carbocycles. The summed E-state index contributed by atoms with van der Waals surface area (Å²) in [5.74, 6) is -0.477. The van der Waals surface area contributed by atoms with Gasteiger partial charge in [0.2, 0.25) is 0 Å². The Labute approximate surface area is 146 Å². The number of halogens is 4. The number of rotatable bonds is 3. The molecule has 130 valence electrons. The topological polar surface area (TPSA) is 45.7 Å². The Hall–Kier alpha value is -0.250. The van der Waals surface area contributed by atoms with E-state index < -0.39 is 12.1 Å². The van der Waals surface area contributed by atoms with Crippen molar-refractivity contribution < 1.29 is 17.9 Å². The summed E-state index contributed by atoms with van der Waals surface area (Å²) in [6, 6.07) is 0.0697. The van der Waals surface area contributed by atoms with E-state index in [9.17, 15) is 13.2 Å². The van der Waals surface area contributed by atoms with Crippen LogP contribution in [0.1, 0.15) is 32.6 Å². The van der Waals surface area contributed by atoms with Crippen molar-refractivity contribution >= 4 is 29.9 Å². The molecule has 2 aliphatic rings. The fourth-order valence-electron chi connectivity index (χ4n) is 2.80. The smallest absolute Gasteiger partial charge is 0.380 e. The molecule has 2 rings (SSSR count). The van der Waals surface area contributed by atoms with E-state index in [0.29, 0.717) is 18.8 Å². The highest BCUT2D eigenvalue weighted by Gasteiger charge is 2.41. The minimum absolute atomic E-state index is 0. The predicted molar refractivity (Wildman–Crippen MR) is 90.6 cm³/mol. The van der Waals surface area contributed by atoms with Crippen LogP contribution in [-0.4, -0.2) is 45.0 Å². The van der Waals surface area contributed by atoms with E-state index in [1.807, 2.05) is 0 Å². The van der Waals surface area contributed by atoms with Gasteiger partial charge in [-0.25, -0.2) is 0 Å². The van der Waals surface area contributed by atoms with E-state index in [-0.39, 0.29) is 48.3 Å². The normalized spacial score (nSPS) is 28.3. The SMILES string of the molecule is CN=C(NCC1(C)COC1)NC1CCC(C(F)(F)F)CC1.I. The molecule has 1 saturated carbocycles. The second kappa shape index (κ2) is 8.03. The lowest BCUT2D eigenvalue weighted by Gasteiger charge is -2.38. The number of guanidine groups is 1. The van der Waals surface area contributed by atoms with Crippen molar-refractivity contribution in [3.05, 3.63) is 0 Å². The summed E-state index contributed by atoms with van der Waals surface area (Å²) in [7, 11) is 1.68. The Morgan fingerprint density at radius 2 is 1.82 bits per heavy atom. The van der Waals surface area contributed by atoms with Crippen LogP contribution in [0.3, 0.4) is 0 Å². The van der Waals surface area contributed by atoms with Crippen LogP contribution < -0.4 is 10.6 Å². The molecular weight excluding hydrogens is 410 g/mol. The largest absolute Gasteiger partial charge is 0.391 e. The van der Waals surface area contributed by atoms with Crippen LogP contribution in [0.25, 0.3) is 0 Å². The molecule has 0 aromatic rings. The fraction of sp³-hybridized carbons (Fsp3) is 0.929. The summed E-state index contributed by atoms with van der Waals surface area (Å²) in [4.78, 5) is 4.14. The number of ether oxygens (including phenoxy) is 1. The number of hydrogen-bond acceptors (Lipinski definition) is 2. The number of alkyl halides is 3. The summed E-state index contributed by atoms with van der Waals surface area (Å²) in [6.45, 7) is 4.34. The second-order valence-electron chi connectivity index (χ2n) is 6.46. The van der Waals surface area contributed by atoms with E-state index in [1.165, 1.54) is 0 Å². The third kappa shape index (κ3) is 5.43. The second-order valence-corrected chi connectivity index (χ2v) is 6.46. The zero-order valence-electron chi connectivity index (χ0n) is 13.0. The quantitative estimate of drug-likeness (QED) is 0.407. The first-order valence-corrected chi connectivity index (χ1v) is 7.44. The molecule has 0 aromatic heterocycles. The highest BCUT2D eigenvalue weighted by atomic mass is 127. The third-order valence-electron chi connectivity index (χ3n) is 4.34. The first-order chi connectivity index (χ1) is 9.82. The zero-order valence-corrected chi connectivity index (χ0v) is 15.3. The molecule has 8 heteroatoms. The molecule has 0 spiro atoms. The standard InChI is InChI=1S/C14H24F3N3O.HI/c1-13(8-21-9-13)7-19-12(18-2)20-11-5-3-10(4-6-11)14(15,16)17;/h10-11H,3-9H2,1-2H3,(H2,18,19,20);1H. The maximum absolute atomic E-state index is 12.6. The van der Waals surface area contributed by atoms with E-state index in [0.717, 1.165) is 19.8 Å². The average molecular weight is 435 g/mol. The van der Waals surface area contributed by atoms with Gasteiger partial charge in [-0.1, -0.05) is 6.92 Å². The van der Waals surface area contributed by atoms with E-state index in [1.54, 1.807) is 7.05 Å². The van der Waals surface area contributed by atoms with Gasteiger partial charge in [0.1, 0.15) is 0 Å². The van der Waals surface area contributed by atoms with Gasteiger partial charge >= 0.3 is 6.18 Å². The molecule has 0 bridgehead atoms. The third-order valence-corrected chi connectivity index (χ3v) is 4.34. The minimum atomic E-state index is -4.05. The summed E-state index contributed by atoms with van der Waals surface area (Å²) in [6.07, 6.45) is -2.59. The van der Waals surface area contributed by atoms with Crippen molar-refractivity contribution in [2.45, 2.75) is 44.8 Å². The Bertz CT molecular complexity index is 378. The molecule has 22 heavy (non-hydrogen) atoms. The van der Waals surface area contributed by atoms with Gasteiger partial charge in [0.25, 0.3) is 0 Å². The monoisotopic (exact) mass is 435 g/mol. The first kappa shape index (κ1) is 19.8. The van der Waals surface area contributed by atoms with Crippen LogP contribution in [-0.2, 0) is 4.74 Å². The molecule has 1 aliphatic heterocycles. The predicted octanol–water partition coefficient (Wildman–Crippen LogP) is 2.93.